The third kappa shape index (κ3) is 4.96. The summed E-state index contributed by atoms with van der Waals surface area (Å²) in [5.74, 6) is -0.0795. The molecule has 27 heavy (non-hydrogen) atoms. The Morgan fingerprint density at radius 2 is 1.89 bits per heavy atom. The highest BCUT2D eigenvalue weighted by atomic mass is 16.5. The van der Waals surface area contributed by atoms with E-state index < -0.39 is 17.9 Å². The molecular formula is C18H23N3O6. The fourth-order valence-corrected chi connectivity index (χ4v) is 2.65. The summed E-state index contributed by atoms with van der Waals surface area (Å²) in [6, 6.07) is 4.45. The predicted octanol–water partition coefficient (Wildman–Crippen LogP) is 1.03. The van der Waals surface area contributed by atoms with Gasteiger partial charge in [0.25, 0.3) is 5.91 Å². The summed E-state index contributed by atoms with van der Waals surface area (Å²) in [5.41, 5.74) is 0.875. The van der Waals surface area contributed by atoms with Gasteiger partial charge in [-0.1, -0.05) is 6.07 Å². The van der Waals surface area contributed by atoms with Crippen LogP contribution < -0.4 is 14.8 Å². The topological polar surface area (TPSA) is 107 Å². The van der Waals surface area contributed by atoms with E-state index in [4.69, 9.17) is 14.2 Å². The van der Waals surface area contributed by atoms with E-state index in [9.17, 15) is 14.4 Å². The molecule has 1 aromatic carbocycles. The van der Waals surface area contributed by atoms with Crippen LogP contribution in [-0.2, 0) is 19.1 Å². The van der Waals surface area contributed by atoms with Crippen molar-refractivity contribution < 1.29 is 28.6 Å². The molecule has 9 nitrogen and oxygen atoms in total. The molecule has 0 saturated heterocycles. The zero-order valence-corrected chi connectivity index (χ0v) is 15.8. The standard InChI is InChI=1S/C18H23N3O6/c1-21-16(22)8-6-12(20-21)18(24)19-13(10-17(23)27-4)11-5-7-14(25-2)15(9-11)26-3/h5,7,9,13H,6,8,10H2,1-4H3,(H,19,24)/t13-/m0/s1. The molecule has 146 valence electrons. The van der Waals surface area contributed by atoms with E-state index in [1.807, 2.05) is 0 Å². The number of rotatable bonds is 7. The number of hydrazone groups is 1. The zero-order chi connectivity index (χ0) is 20.0. The second-order valence-electron chi connectivity index (χ2n) is 5.88. The number of hydrogen-bond acceptors (Lipinski definition) is 7. The van der Waals surface area contributed by atoms with Gasteiger partial charge in [0.2, 0.25) is 5.91 Å². The maximum Gasteiger partial charge on any atom is 0.307 e. The Kier molecular flexibility index (Phi) is 6.75. The van der Waals surface area contributed by atoms with Crippen LogP contribution in [0.1, 0.15) is 30.9 Å². The number of methoxy groups -OCH3 is 3. The second-order valence-corrected chi connectivity index (χ2v) is 5.88. The Labute approximate surface area is 157 Å². The summed E-state index contributed by atoms with van der Waals surface area (Å²) in [6.45, 7) is 0. The van der Waals surface area contributed by atoms with Gasteiger partial charge in [0.1, 0.15) is 5.71 Å². The molecular weight excluding hydrogens is 354 g/mol. The van der Waals surface area contributed by atoms with Crippen LogP contribution in [0.5, 0.6) is 11.5 Å². The molecule has 0 radical (unpaired) electrons. The summed E-state index contributed by atoms with van der Waals surface area (Å²) >= 11 is 0. The lowest BCUT2D eigenvalue weighted by molar-refractivity contribution is -0.141. The van der Waals surface area contributed by atoms with Crippen molar-refractivity contribution in [2.75, 3.05) is 28.4 Å². The Hall–Kier alpha value is -3.10. The quantitative estimate of drug-likeness (QED) is 0.712. The average molecular weight is 377 g/mol. The summed E-state index contributed by atoms with van der Waals surface area (Å²) in [4.78, 5) is 35.9. The molecule has 0 aromatic heterocycles. The van der Waals surface area contributed by atoms with Crippen molar-refractivity contribution >= 4 is 23.5 Å². The van der Waals surface area contributed by atoms with E-state index in [1.54, 1.807) is 18.2 Å². The first-order valence-electron chi connectivity index (χ1n) is 8.33. The van der Waals surface area contributed by atoms with Gasteiger partial charge in [0, 0.05) is 19.9 Å². The van der Waals surface area contributed by atoms with Gasteiger partial charge in [0.05, 0.1) is 33.8 Å². The minimum absolute atomic E-state index is 0.0697. The van der Waals surface area contributed by atoms with Crippen LogP contribution in [0, 0.1) is 0 Å². The van der Waals surface area contributed by atoms with Crippen LogP contribution >= 0.6 is 0 Å². The molecule has 0 unspecified atom stereocenters. The number of nitrogens with zero attached hydrogens (tertiary/aromatic N) is 2. The minimum atomic E-state index is -0.657. The van der Waals surface area contributed by atoms with Crippen LogP contribution in [0.15, 0.2) is 23.3 Å². The van der Waals surface area contributed by atoms with Crippen LogP contribution in [0.3, 0.4) is 0 Å². The summed E-state index contributed by atoms with van der Waals surface area (Å²) < 4.78 is 15.2. The van der Waals surface area contributed by atoms with Crippen molar-refractivity contribution in [2.24, 2.45) is 5.10 Å². The van der Waals surface area contributed by atoms with Crippen LogP contribution in [-0.4, -0.2) is 56.9 Å². The minimum Gasteiger partial charge on any atom is -0.493 e. The molecule has 9 heteroatoms. The van der Waals surface area contributed by atoms with Crippen LogP contribution in [0.2, 0.25) is 0 Å². The SMILES string of the molecule is COC(=O)C[C@H](NC(=O)C1=NN(C)C(=O)CC1)c1ccc(OC)c(OC)c1. The molecule has 1 N–H and O–H groups in total. The molecule has 2 rings (SSSR count). The normalized spacial score (nSPS) is 14.9. The Bertz CT molecular complexity index is 761. The maximum atomic E-state index is 12.6. The average Bonchev–Trinajstić information content (AvgIpc) is 2.68. The number of hydrogen-bond donors (Lipinski definition) is 1. The Morgan fingerprint density at radius 3 is 2.48 bits per heavy atom. The lowest BCUT2D eigenvalue weighted by Crippen LogP contribution is -2.39. The molecule has 0 fully saturated rings. The number of benzene rings is 1. The number of nitrogens with one attached hydrogen (secondary N) is 1. The second kappa shape index (κ2) is 9.02. The van der Waals surface area contributed by atoms with Crippen molar-refractivity contribution in [1.82, 2.24) is 10.3 Å². The van der Waals surface area contributed by atoms with Gasteiger partial charge in [-0.3, -0.25) is 14.4 Å². The summed E-state index contributed by atoms with van der Waals surface area (Å²) in [7, 11) is 5.79. The van der Waals surface area contributed by atoms with E-state index in [2.05, 4.69) is 10.4 Å². The molecule has 1 aromatic rings. The van der Waals surface area contributed by atoms with E-state index in [0.29, 0.717) is 17.1 Å². The molecule has 1 aliphatic rings. The predicted molar refractivity (Wildman–Crippen MR) is 96.5 cm³/mol. The number of ether oxygens (including phenoxy) is 3. The summed E-state index contributed by atoms with van der Waals surface area (Å²) in [6.07, 6.45) is 0.381. The van der Waals surface area contributed by atoms with Gasteiger partial charge in [-0.05, 0) is 17.7 Å². The molecule has 0 bridgehead atoms. The Morgan fingerprint density at radius 1 is 1.19 bits per heavy atom. The van der Waals surface area contributed by atoms with Crippen molar-refractivity contribution in [1.29, 1.82) is 0 Å². The highest BCUT2D eigenvalue weighted by Crippen LogP contribution is 2.31. The van der Waals surface area contributed by atoms with Crippen molar-refractivity contribution in [2.45, 2.75) is 25.3 Å². The van der Waals surface area contributed by atoms with E-state index in [1.165, 1.54) is 28.4 Å². The molecule has 0 spiro atoms. The van der Waals surface area contributed by atoms with Gasteiger partial charge in [-0.25, -0.2) is 5.01 Å². The molecule has 2 amide bonds. The van der Waals surface area contributed by atoms with E-state index >= 15 is 0 Å². The number of carbonyl (C=O) groups is 3. The largest absolute Gasteiger partial charge is 0.493 e. The number of amides is 2. The van der Waals surface area contributed by atoms with Crippen molar-refractivity contribution in [3.05, 3.63) is 23.8 Å². The molecule has 1 heterocycles. The fraction of sp³-hybridized carbons (Fsp3) is 0.444. The zero-order valence-electron chi connectivity index (χ0n) is 15.8. The van der Waals surface area contributed by atoms with Crippen LogP contribution in [0.25, 0.3) is 0 Å². The maximum absolute atomic E-state index is 12.6. The van der Waals surface area contributed by atoms with Gasteiger partial charge >= 0.3 is 5.97 Å². The first kappa shape index (κ1) is 20.2. The third-order valence-electron chi connectivity index (χ3n) is 4.18. The van der Waals surface area contributed by atoms with E-state index in [0.717, 1.165) is 5.01 Å². The lowest BCUT2D eigenvalue weighted by atomic mass is 10.0. The van der Waals surface area contributed by atoms with Gasteiger partial charge in [-0.15, -0.1) is 0 Å². The molecule has 1 aliphatic heterocycles. The van der Waals surface area contributed by atoms with Crippen molar-refractivity contribution in [3.8, 4) is 11.5 Å². The molecule has 0 aliphatic carbocycles. The Balaban J connectivity index is 2.27. The lowest BCUT2D eigenvalue weighted by Gasteiger charge is -2.22. The van der Waals surface area contributed by atoms with Gasteiger partial charge < -0.3 is 19.5 Å². The monoisotopic (exact) mass is 377 g/mol. The highest BCUT2D eigenvalue weighted by molar-refractivity contribution is 6.39. The van der Waals surface area contributed by atoms with Crippen molar-refractivity contribution in [3.63, 3.8) is 0 Å². The fourth-order valence-electron chi connectivity index (χ4n) is 2.65. The third-order valence-corrected chi connectivity index (χ3v) is 4.18. The van der Waals surface area contributed by atoms with Gasteiger partial charge in [-0.2, -0.15) is 5.10 Å². The van der Waals surface area contributed by atoms with Gasteiger partial charge in [0.15, 0.2) is 11.5 Å². The number of esters is 1. The smallest absolute Gasteiger partial charge is 0.307 e. The molecule has 0 saturated carbocycles. The molecule has 1 atom stereocenters. The summed E-state index contributed by atoms with van der Waals surface area (Å²) in [5, 5.41) is 7.93. The van der Waals surface area contributed by atoms with Crippen LogP contribution in [0.4, 0.5) is 0 Å². The first-order valence-corrected chi connectivity index (χ1v) is 8.33. The number of carbonyl (C=O) groups excluding carboxylic acids is 3. The van der Waals surface area contributed by atoms with E-state index in [-0.39, 0.29) is 30.9 Å². The highest BCUT2D eigenvalue weighted by Gasteiger charge is 2.26. The first-order chi connectivity index (χ1) is 12.9.